The number of hydrogen-bond acceptors (Lipinski definition) is 6. The number of cyclic esters (lactones) is 1. The molecule has 6 nitrogen and oxygen atoms in total. The maximum atomic E-state index is 13.4. The van der Waals surface area contributed by atoms with E-state index in [2.05, 4.69) is 19.6 Å². The molecule has 0 spiro atoms. The second-order valence-electron chi connectivity index (χ2n) is 8.34. The first kappa shape index (κ1) is 23.9. The van der Waals surface area contributed by atoms with Crippen LogP contribution in [0.5, 0.6) is 11.5 Å². The third-order valence-electron chi connectivity index (χ3n) is 4.96. The first-order valence-electron chi connectivity index (χ1n) is 10.1. The minimum absolute atomic E-state index is 0.0762. The van der Waals surface area contributed by atoms with Crippen LogP contribution in [-0.2, 0) is 27.3 Å². The van der Waals surface area contributed by atoms with Gasteiger partial charge in [0.05, 0.1) is 25.9 Å². The van der Waals surface area contributed by atoms with E-state index in [1.54, 1.807) is 6.92 Å². The highest BCUT2D eigenvalue weighted by atomic mass is 28.3. The fourth-order valence-electron chi connectivity index (χ4n) is 3.27. The molecule has 0 atom stereocenters. The second kappa shape index (κ2) is 10.1. The number of allylic oxidation sites excluding steroid dienone is 1. The first-order valence-corrected chi connectivity index (χ1v) is 13.8. The fourth-order valence-corrected chi connectivity index (χ4v) is 3.98. The van der Waals surface area contributed by atoms with Crippen molar-refractivity contribution in [2.75, 3.05) is 27.0 Å². The van der Waals surface area contributed by atoms with Crippen LogP contribution in [0.25, 0.3) is 0 Å². The van der Waals surface area contributed by atoms with Crippen molar-refractivity contribution in [3.63, 3.8) is 0 Å². The van der Waals surface area contributed by atoms with Crippen LogP contribution in [0, 0.1) is 6.92 Å². The van der Waals surface area contributed by atoms with Gasteiger partial charge in [0.15, 0.2) is 0 Å². The van der Waals surface area contributed by atoms with Gasteiger partial charge in [-0.05, 0) is 31.9 Å². The molecule has 0 saturated heterocycles. The van der Waals surface area contributed by atoms with Crippen molar-refractivity contribution in [3.8, 4) is 11.5 Å². The van der Waals surface area contributed by atoms with E-state index in [9.17, 15) is 14.0 Å². The Balaban J connectivity index is 2.53. The van der Waals surface area contributed by atoms with E-state index < -0.39 is 26.7 Å². The van der Waals surface area contributed by atoms with Crippen LogP contribution < -0.4 is 9.47 Å². The third kappa shape index (κ3) is 5.41. The highest BCUT2D eigenvalue weighted by molar-refractivity contribution is 6.76. The molecule has 0 bridgehead atoms. The molecule has 166 valence electrons. The highest BCUT2D eigenvalue weighted by Crippen LogP contribution is 2.43. The molecule has 0 amide bonds. The Morgan fingerprint density at radius 2 is 1.97 bits per heavy atom. The number of carbonyl (C=O) groups excluding carboxylic acids is 2. The fraction of sp³-hybridized carbons (Fsp3) is 0.545. The van der Waals surface area contributed by atoms with Crippen LogP contribution in [-0.4, -0.2) is 47.0 Å². The zero-order valence-corrected chi connectivity index (χ0v) is 19.6. The molecule has 1 aromatic carbocycles. The lowest BCUT2D eigenvalue weighted by Crippen LogP contribution is -2.23. The zero-order valence-electron chi connectivity index (χ0n) is 18.6. The minimum Gasteiger partial charge on any atom is -0.496 e. The summed E-state index contributed by atoms with van der Waals surface area (Å²) in [6.45, 7) is 10.1. The quantitative estimate of drug-likeness (QED) is 0.306. The van der Waals surface area contributed by atoms with Crippen molar-refractivity contribution in [2.24, 2.45) is 0 Å². The van der Waals surface area contributed by atoms with Crippen LogP contribution in [0.2, 0.25) is 25.7 Å². The second-order valence-corrected chi connectivity index (χ2v) is 14.0. The summed E-state index contributed by atoms with van der Waals surface area (Å²) < 4.78 is 35.3. The summed E-state index contributed by atoms with van der Waals surface area (Å²) in [5.41, 5.74) is 2.43. The molecule has 1 aromatic rings. The summed E-state index contributed by atoms with van der Waals surface area (Å²) >= 11 is 0. The van der Waals surface area contributed by atoms with Gasteiger partial charge in [-0.15, -0.1) is 0 Å². The Labute approximate surface area is 178 Å². The number of carbonyl (C=O) groups is 2. The molecule has 0 fully saturated rings. The average Bonchev–Trinajstić information content (AvgIpc) is 3.06. The lowest BCUT2D eigenvalue weighted by molar-refractivity contribution is -0.138. The molecule has 8 heteroatoms. The summed E-state index contributed by atoms with van der Waals surface area (Å²) in [5.74, 6) is -0.197. The third-order valence-corrected chi connectivity index (χ3v) is 6.66. The minimum atomic E-state index is -1.37. The molecule has 0 aliphatic carbocycles. The van der Waals surface area contributed by atoms with E-state index in [0.717, 1.165) is 17.2 Å². The molecular weight excluding hydrogens is 407 g/mol. The monoisotopic (exact) mass is 438 g/mol. The topological polar surface area (TPSA) is 71.1 Å². The summed E-state index contributed by atoms with van der Waals surface area (Å²) in [6, 6.07) is 0.904. The molecule has 0 radical (unpaired) electrons. The van der Waals surface area contributed by atoms with Gasteiger partial charge in [0, 0.05) is 19.2 Å². The number of halogens is 1. The van der Waals surface area contributed by atoms with Crippen LogP contribution in [0.3, 0.4) is 0 Å². The first-order chi connectivity index (χ1) is 14.1. The highest BCUT2D eigenvalue weighted by Gasteiger charge is 2.33. The van der Waals surface area contributed by atoms with Crippen molar-refractivity contribution in [3.05, 3.63) is 33.9 Å². The average molecular weight is 439 g/mol. The number of esters is 2. The van der Waals surface area contributed by atoms with E-state index in [1.807, 2.05) is 6.92 Å². The predicted octanol–water partition coefficient (Wildman–Crippen LogP) is 4.39. The Kier molecular flexibility index (Phi) is 8.06. The van der Waals surface area contributed by atoms with Gasteiger partial charge in [-0.1, -0.05) is 25.7 Å². The van der Waals surface area contributed by atoms with E-state index in [4.69, 9.17) is 18.9 Å². The Morgan fingerprint density at radius 3 is 2.53 bits per heavy atom. The number of hydrogen-bond donors (Lipinski definition) is 0. The van der Waals surface area contributed by atoms with Crippen LogP contribution >= 0.6 is 0 Å². The molecule has 0 saturated carbocycles. The molecule has 0 N–H and O–H groups in total. The molecule has 1 aliphatic heterocycles. The van der Waals surface area contributed by atoms with Gasteiger partial charge in [-0.3, -0.25) is 0 Å². The number of methoxy groups -OCH3 is 1. The molecule has 1 heterocycles. The van der Waals surface area contributed by atoms with Crippen LogP contribution in [0.15, 0.2) is 11.6 Å². The maximum absolute atomic E-state index is 13.4. The number of rotatable bonds is 10. The van der Waals surface area contributed by atoms with Crippen molar-refractivity contribution >= 4 is 20.0 Å². The van der Waals surface area contributed by atoms with Crippen LogP contribution in [0.1, 0.15) is 34.0 Å². The van der Waals surface area contributed by atoms with Crippen molar-refractivity contribution < 1.29 is 32.9 Å². The largest absolute Gasteiger partial charge is 0.496 e. The van der Waals surface area contributed by atoms with Crippen molar-refractivity contribution in [1.29, 1.82) is 0 Å². The van der Waals surface area contributed by atoms with Gasteiger partial charge in [-0.25, -0.2) is 14.0 Å². The summed E-state index contributed by atoms with van der Waals surface area (Å²) in [4.78, 5) is 24.4. The molecular formula is C22H31FO6Si. The van der Waals surface area contributed by atoms with Crippen molar-refractivity contribution in [1.82, 2.24) is 0 Å². The van der Waals surface area contributed by atoms with E-state index in [1.165, 1.54) is 13.2 Å². The zero-order chi connectivity index (χ0) is 22.5. The van der Waals surface area contributed by atoms with Gasteiger partial charge in [0.1, 0.15) is 30.3 Å². The normalized spacial score (nSPS) is 13.7. The van der Waals surface area contributed by atoms with Crippen molar-refractivity contribution in [2.45, 2.75) is 52.6 Å². The SMILES string of the molecule is CCOC(=O)/C(=C/Cc1c(OC)c(C)c2c(c1OCC[Si](C)(C)C)C(=O)OC2)CF. The Morgan fingerprint density at radius 1 is 1.27 bits per heavy atom. The smallest absolute Gasteiger partial charge is 0.342 e. The summed E-state index contributed by atoms with van der Waals surface area (Å²) in [5, 5.41) is 0. The molecule has 0 unspecified atom stereocenters. The number of ether oxygens (including phenoxy) is 4. The predicted molar refractivity (Wildman–Crippen MR) is 115 cm³/mol. The molecule has 30 heavy (non-hydrogen) atoms. The number of benzene rings is 1. The van der Waals surface area contributed by atoms with Gasteiger partial charge in [0.25, 0.3) is 0 Å². The molecule has 1 aliphatic rings. The van der Waals surface area contributed by atoms with Gasteiger partial charge >= 0.3 is 11.9 Å². The standard InChI is InChI=1S/C22H31FO6Si/c1-7-27-21(24)15(12-23)8-9-16-19(26-3)14(2)17-13-29-22(25)18(17)20(16)28-10-11-30(4,5)6/h8H,7,9-13H2,1-6H3/b15-8+. The Bertz CT molecular complexity index is 841. The molecule has 0 aromatic heterocycles. The summed E-state index contributed by atoms with van der Waals surface area (Å²) in [7, 11) is 0.169. The lowest BCUT2D eigenvalue weighted by Gasteiger charge is -2.21. The number of alkyl halides is 1. The maximum Gasteiger partial charge on any atom is 0.342 e. The Hall–Kier alpha value is -2.35. The van der Waals surface area contributed by atoms with Gasteiger partial charge in [0.2, 0.25) is 0 Å². The van der Waals surface area contributed by atoms with Crippen LogP contribution in [0.4, 0.5) is 4.39 Å². The van der Waals surface area contributed by atoms with Gasteiger partial charge in [-0.2, -0.15) is 0 Å². The number of fused-ring (bicyclic) bond motifs is 1. The summed E-state index contributed by atoms with van der Waals surface area (Å²) in [6.07, 6.45) is 1.62. The van der Waals surface area contributed by atoms with E-state index >= 15 is 0 Å². The lowest BCUT2D eigenvalue weighted by atomic mass is 9.94. The molecule has 2 rings (SSSR count). The van der Waals surface area contributed by atoms with Gasteiger partial charge < -0.3 is 18.9 Å². The van der Waals surface area contributed by atoms with E-state index in [0.29, 0.717) is 29.2 Å². The van der Waals surface area contributed by atoms with E-state index in [-0.39, 0.29) is 25.2 Å².